The van der Waals surface area contributed by atoms with Gasteiger partial charge in [0, 0.05) is 31.9 Å². The maximum atomic E-state index is 13.3. The van der Waals surface area contributed by atoms with Crippen LogP contribution in [0, 0.1) is 0 Å². The van der Waals surface area contributed by atoms with Crippen LogP contribution >= 0.6 is 23.2 Å². The minimum absolute atomic E-state index is 0.0995. The summed E-state index contributed by atoms with van der Waals surface area (Å²) < 4.78 is 29.1. The molecular formula is C21H28Cl2N4O5S. The number of nitrogens with zero attached hydrogens (tertiary/aromatic N) is 3. The summed E-state index contributed by atoms with van der Waals surface area (Å²) in [6.07, 6.45) is 0.699. The molecule has 182 valence electrons. The first-order valence-electron chi connectivity index (χ1n) is 11.0. The monoisotopic (exact) mass is 518 g/mol. The van der Waals surface area contributed by atoms with Crippen molar-refractivity contribution in [3.05, 3.63) is 28.2 Å². The van der Waals surface area contributed by atoms with Crippen molar-refractivity contribution in [2.45, 2.75) is 31.5 Å². The molecule has 3 aliphatic heterocycles. The molecule has 3 atom stereocenters. The summed E-state index contributed by atoms with van der Waals surface area (Å²) in [5.41, 5.74) is 0.498. The highest BCUT2D eigenvalue weighted by Gasteiger charge is 2.45. The van der Waals surface area contributed by atoms with E-state index in [1.54, 1.807) is 25.1 Å². The molecule has 0 unspecified atom stereocenters. The van der Waals surface area contributed by atoms with Gasteiger partial charge in [0.1, 0.15) is 6.04 Å². The Morgan fingerprint density at radius 3 is 2.61 bits per heavy atom. The number of hydrogen-bond acceptors (Lipinski definition) is 6. The SMILES string of the molecule is C[C@H]1C(=O)N2[C@@H](CCN3CCS(=O)(=O)CC3)COC[C@H]2CN1C(=O)Nc1ccc(Cl)c(Cl)c1. The maximum Gasteiger partial charge on any atom is 0.322 e. The number of anilines is 1. The molecule has 0 saturated carbocycles. The Labute approximate surface area is 203 Å². The molecule has 3 heterocycles. The molecule has 3 amide bonds. The van der Waals surface area contributed by atoms with E-state index < -0.39 is 15.9 Å². The van der Waals surface area contributed by atoms with Gasteiger partial charge in [0.25, 0.3) is 0 Å². The number of carbonyl (C=O) groups excluding carboxylic acids is 2. The van der Waals surface area contributed by atoms with Crippen LogP contribution in [0.2, 0.25) is 10.0 Å². The van der Waals surface area contributed by atoms with Crippen LogP contribution in [0.4, 0.5) is 10.5 Å². The first-order valence-corrected chi connectivity index (χ1v) is 13.6. The van der Waals surface area contributed by atoms with Crippen molar-refractivity contribution in [3.8, 4) is 0 Å². The predicted octanol–water partition coefficient (Wildman–Crippen LogP) is 1.95. The molecule has 12 heteroatoms. The Morgan fingerprint density at radius 1 is 1.18 bits per heavy atom. The Hall–Kier alpha value is -1.59. The minimum atomic E-state index is -2.92. The molecule has 1 aromatic rings. The van der Waals surface area contributed by atoms with Crippen molar-refractivity contribution in [2.24, 2.45) is 0 Å². The van der Waals surface area contributed by atoms with Crippen LogP contribution in [0.15, 0.2) is 18.2 Å². The highest BCUT2D eigenvalue weighted by molar-refractivity contribution is 7.91. The normalized spacial score (nSPS) is 27.8. The summed E-state index contributed by atoms with van der Waals surface area (Å²) in [6.45, 7) is 4.65. The third kappa shape index (κ3) is 5.57. The summed E-state index contributed by atoms with van der Waals surface area (Å²) >= 11 is 12.0. The van der Waals surface area contributed by atoms with Crippen LogP contribution < -0.4 is 5.32 Å². The van der Waals surface area contributed by atoms with Gasteiger partial charge in [-0.25, -0.2) is 13.2 Å². The number of ether oxygens (including phenoxy) is 1. The average Bonchev–Trinajstić information content (AvgIpc) is 2.77. The van der Waals surface area contributed by atoms with E-state index in [0.29, 0.717) is 61.5 Å². The van der Waals surface area contributed by atoms with E-state index in [9.17, 15) is 18.0 Å². The molecule has 3 aliphatic rings. The van der Waals surface area contributed by atoms with Gasteiger partial charge in [0.2, 0.25) is 5.91 Å². The lowest BCUT2D eigenvalue weighted by Gasteiger charge is -2.50. The number of halogens is 2. The zero-order valence-corrected chi connectivity index (χ0v) is 20.7. The summed E-state index contributed by atoms with van der Waals surface area (Å²) in [5, 5.41) is 3.51. The van der Waals surface area contributed by atoms with Crippen molar-refractivity contribution in [1.82, 2.24) is 14.7 Å². The lowest BCUT2D eigenvalue weighted by molar-refractivity contribution is -0.159. The number of amides is 3. The van der Waals surface area contributed by atoms with Crippen molar-refractivity contribution in [1.29, 1.82) is 0 Å². The highest BCUT2D eigenvalue weighted by atomic mass is 35.5. The Kier molecular flexibility index (Phi) is 7.40. The number of rotatable bonds is 4. The van der Waals surface area contributed by atoms with Gasteiger partial charge in [-0.05, 0) is 31.5 Å². The molecule has 0 radical (unpaired) electrons. The molecule has 1 aromatic carbocycles. The van der Waals surface area contributed by atoms with E-state index in [1.165, 1.54) is 4.90 Å². The fourth-order valence-electron chi connectivity index (χ4n) is 4.59. The highest BCUT2D eigenvalue weighted by Crippen LogP contribution is 2.28. The van der Waals surface area contributed by atoms with Crippen molar-refractivity contribution < 1.29 is 22.7 Å². The van der Waals surface area contributed by atoms with Gasteiger partial charge in [-0.2, -0.15) is 0 Å². The second-order valence-electron chi connectivity index (χ2n) is 8.76. The third-order valence-electron chi connectivity index (χ3n) is 6.54. The summed E-state index contributed by atoms with van der Waals surface area (Å²) in [5.74, 6) is 0.253. The fourth-order valence-corrected chi connectivity index (χ4v) is 6.16. The summed E-state index contributed by atoms with van der Waals surface area (Å²) in [6, 6.07) is 3.49. The molecular weight excluding hydrogens is 491 g/mol. The van der Waals surface area contributed by atoms with Crippen LogP contribution in [0.1, 0.15) is 13.3 Å². The number of nitrogens with one attached hydrogen (secondary N) is 1. The molecule has 1 N–H and O–H groups in total. The molecule has 0 bridgehead atoms. The quantitative estimate of drug-likeness (QED) is 0.653. The Morgan fingerprint density at radius 2 is 1.91 bits per heavy atom. The van der Waals surface area contributed by atoms with Crippen LogP contribution in [-0.4, -0.2) is 104 Å². The smallest absolute Gasteiger partial charge is 0.322 e. The van der Waals surface area contributed by atoms with Crippen LogP contribution in [0.3, 0.4) is 0 Å². The second-order valence-corrected chi connectivity index (χ2v) is 11.9. The van der Waals surface area contributed by atoms with E-state index in [0.717, 1.165) is 0 Å². The number of hydrogen-bond donors (Lipinski definition) is 1. The largest absolute Gasteiger partial charge is 0.377 e. The van der Waals surface area contributed by atoms with Gasteiger partial charge in [0.05, 0.1) is 46.8 Å². The fraction of sp³-hybridized carbons (Fsp3) is 0.619. The number of piperazine rings is 1. The molecule has 0 spiro atoms. The number of carbonyl (C=O) groups is 2. The molecule has 9 nitrogen and oxygen atoms in total. The molecule has 0 aromatic heterocycles. The van der Waals surface area contributed by atoms with Crippen LogP contribution in [0.25, 0.3) is 0 Å². The molecule has 0 aliphatic carbocycles. The van der Waals surface area contributed by atoms with Crippen molar-refractivity contribution >= 4 is 50.7 Å². The molecule has 3 fully saturated rings. The van der Waals surface area contributed by atoms with E-state index >= 15 is 0 Å². The van der Waals surface area contributed by atoms with E-state index in [2.05, 4.69) is 10.2 Å². The van der Waals surface area contributed by atoms with E-state index in [-0.39, 0.29) is 35.5 Å². The minimum Gasteiger partial charge on any atom is -0.377 e. The van der Waals surface area contributed by atoms with Gasteiger partial charge in [-0.1, -0.05) is 23.2 Å². The van der Waals surface area contributed by atoms with Crippen molar-refractivity contribution in [2.75, 3.05) is 56.2 Å². The zero-order valence-electron chi connectivity index (χ0n) is 18.4. The lowest BCUT2D eigenvalue weighted by atomic mass is 10.0. The first-order chi connectivity index (χ1) is 15.6. The third-order valence-corrected chi connectivity index (χ3v) is 8.89. The number of urea groups is 1. The predicted molar refractivity (Wildman–Crippen MR) is 127 cm³/mol. The van der Waals surface area contributed by atoms with Gasteiger partial charge >= 0.3 is 6.03 Å². The molecule has 33 heavy (non-hydrogen) atoms. The summed E-state index contributed by atoms with van der Waals surface area (Å²) in [7, 11) is -2.92. The van der Waals surface area contributed by atoms with Gasteiger partial charge in [0.15, 0.2) is 9.84 Å². The van der Waals surface area contributed by atoms with Crippen molar-refractivity contribution in [3.63, 3.8) is 0 Å². The topological polar surface area (TPSA) is 99.3 Å². The first kappa shape index (κ1) is 24.5. The molecule has 3 saturated heterocycles. The van der Waals surface area contributed by atoms with Crippen LogP contribution in [-0.2, 0) is 19.4 Å². The van der Waals surface area contributed by atoms with Gasteiger partial charge < -0.3 is 24.8 Å². The Bertz CT molecular complexity index is 1010. The van der Waals surface area contributed by atoms with Gasteiger partial charge in [-0.3, -0.25) is 4.79 Å². The molecule has 4 rings (SSSR count). The van der Waals surface area contributed by atoms with E-state index in [4.69, 9.17) is 27.9 Å². The van der Waals surface area contributed by atoms with E-state index in [1.807, 2.05) is 4.90 Å². The lowest BCUT2D eigenvalue weighted by Crippen LogP contribution is -2.68. The number of sulfone groups is 1. The second kappa shape index (κ2) is 9.95. The zero-order chi connectivity index (χ0) is 23.8. The summed E-state index contributed by atoms with van der Waals surface area (Å²) in [4.78, 5) is 31.7. The average molecular weight is 519 g/mol. The standard InChI is InChI=1S/C21H28Cl2N4O5S/c1-14-20(28)27-16(4-5-25-6-8-33(30,31)9-7-25)12-32-13-17(27)11-26(14)21(29)24-15-2-3-18(22)19(23)10-15/h2-3,10,14,16-17H,4-9,11-13H2,1H3,(H,24,29)/t14-,16-,17+/m0/s1. The van der Waals surface area contributed by atoms with Gasteiger partial charge in [-0.15, -0.1) is 0 Å². The number of benzene rings is 1. The number of morpholine rings is 1. The Balaban J connectivity index is 1.38. The maximum absolute atomic E-state index is 13.3. The number of fused-ring (bicyclic) bond motifs is 1. The van der Waals surface area contributed by atoms with Crippen LogP contribution in [0.5, 0.6) is 0 Å².